The highest BCUT2D eigenvalue weighted by Gasteiger charge is 2.28. The standard InChI is InChI=1S/C17H17N2OS/c1-11-5-7-12(8-6-11)13-10-21-17-15(13)16(20)19-9-3-4-14(19)18(17)2/h5-8,10H,3-4,9H2,1-2H3/q+1. The van der Waals surface area contributed by atoms with Crippen molar-refractivity contribution in [2.24, 2.45) is 7.05 Å². The van der Waals surface area contributed by atoms with E-state index in [1.165, 1.54) is 5.56 Å². The molecule has 2 aromatic heterocycles. The number of thiophene rings is 1. The van der Waals surface area contributed by atoms with Crippen molar-refractivity contribution in [1.82, 2.24) is 4.57 Å². The quantitative estimate of drug-likeness (QED) is 0.634. The molecule has 1 aromatic carbocycles. The third-order valence-corrected chi connectivity index (χ3v) is 5.43. The van der Waals surface area contributed by atoms with Crippen molar-refractivity contribution in [1.29, 1.82) is 0 Å². The Bertz CT molecular complexity index is 903. The summed E-state index contributed by atoms with van der Waals surface area (Å²) < 4.78 is 4.15. The monoisotopic (exact) mass is 297 g/mol. The number of benzene rings is 1. The van der Waals surface area contributed by atoms with Crippen LogP contribution in [0, 0.1) is 6.92 Å². The van der Waals surface area contributed by atoms with Gasteiger partial charge in [-0.2, -0.15) is 4.57 Å². The van der Waals surface area contributed by atoms with Crippen molar-refractivity contribution < 1.29 is 4.57 Å². The van der Waals surface area contributed by atoms with Gasteiger partial charge in [-0.05, 0) is 18.9 Å². The molecular formula is C17H17N2OS+. The summed E-state index contributed by atoms with van der Waals surface area (Å²) >= 11 is 1.67. The van der Waals surface area contributed by atoms with Gasteiger partial charge in [0.15, 0.2) is 4.83 Å². The molecule has 4 heteroatoms. The number of rotatable bonds is 1. The van der Waals surface area contributed by atoms with Gasteiger partial charge in [0, 0.05) is 10.9 Å². The first-order valence-corrected chi connectivity index (χ1v) is 8.15. The van der Waals surface area contributed by atoms with E-state index in [0.29, 0.717) is 0 Å². The zero-order chi connectivity index (χ0) is 14.6. The van der Waals surface area contributed by atoms with Crippen LogP contribution in [0.5, 0.6) is 0 Å². The average molecular weight is 297 g/mol. The Balaban J connectivity index is 2.07. The summed E-state index contributed by atoms with van der Waals surface area (Å²) in [5, 5.41) is 2.99. The SMILES string of the molecule is Cc1ccc(-c2csc3c2c(=O)n2c([n+]3C)CCC2)cc1. The van der Waals surface area contributed by atoms with Gasteiger partial charge in [-0.1, -0.05) is 29.8 Å². The largest absolute Gasteiger partial charge is 0.346 e. The Morgan fingerprint density at radius 1 is 1.24 bits per heavy atom. The second kappa shape index (κ2) is 4.53. The molecule has 3 heterocycles. The predicted octanol–water partition coefficient (Wildman–Crippen LogP) is 2.81. The van der Waals surface area contributed by atoms with Gasteiger partial charge in [0.05, 0.1) is 20.0 Å². The highest BCUT2D eigenvalue weighted by molar-refractivity contribution is 7.16. The first-order chi connectivity index (χ1) is 10.2. The number of hydrogen-bond acceptors (Lipinski definition) is 2. The summed E-state index contributed by atoms with van der Waals surface area (Å²) in [4.78, 5) is 13.9. The molecule has 106 valence electrons. The molecule has 0 amide bonds. The fourth-order valence-corrected chi connectivity index (χ4v) is 4.29. The molecule has 1 aliphatic rings. The van der Waals surface area contributed by atoms with Gasteiger partial charge in [0.25, 0.3) is 5.82 Å². The van der Waals surface area contributed by atoms with Gasteiger partial charge >= 0.3 is 5.56 Å². The van der Waals surface area contributed by atoms with E-state index in [4.69, 9.17) is 0 Å². The summed E-state index contributed by atoms with van der Waals surface area (Å²) in [6, 6.07) is 8.41. The maximum atomic E-state index is 12.9. The lowest BCUT2D eigenvalue weighted by molar-refractivity contribution is -0.654. The number of nitrogens with zero attached hydrogens (tertiary/aromatic N) is 2. The fraction of sp³-hybridized carbons (Fsp3) is 0.294. The first-order valence-electron chi connectivity index (χ1n) is 7.27. The minimum absolute atomic E-state index is 0.174. The molecule has 0 bridgehead atoms. The Morgan fingerprint density at radius 3 is 2.76 bits per heavy atom. The molecule has 0 spiro atoms. The Labute approximate surface area is 127 Å². The third-order valence-electron chi connectivity index (χ3n) is 4.38. The summed E-state index contributed by atoms with van der Waals surface area (Å²) in [6.45, 7) is 2.93. The minimum Gasteiger partial charge on any atom is -0.241 e. The fourth-order valence-electron chi connectivity index (χ4n) is 3.23. The molecule has 0 atom stereocenters. The summed E-state index contributed by atoms with van der Waals surface area (Å²) in [6.07, 6.45) is 2.07. The number of aromatic nitrogens is 2. The smallest absolute Gasteiger partial charge is 0.241 e. The van der Waals surface area contributed by atoms with Crippen LogP contribution in [0.15, 0.2) is 34.4 Å². The van der Waals surface area contributed by atoms with Crippen LogP contribution in [0.1, 0.15) is 17.8 Å². The molecule has 0 aliphatic carbocycles. The van der Waals surface area contributed by atoms with Gasteiger partial charge in [0.2, 0.25) is 0 Å². The third kappa shape index (κ3) is 1.79. The van der Waals surface area contributed by atoms with Gasteiger partial charge in [0.1, 0.15) is 5.39 Å². The van der Waals surface area contributed by atoms with E-state index in [0.717, 1.165) is 46.6 Å². The van der Waals surface area contributed by atoms with E-state index in [2.05, 4.69) is 48.2 Å². The van der Waals surface area contributed by atoms with Crippen LogP contribution in [0.2, 0.25) is 0 Å². The highest BCUT2D eigenvalue weighted by atomic mass is 32.1. The van der Waals surface area contributed by atoms with Crippen molar-refractivity contribution >= 4 is 21.6 Å². The van der Waals surface area contributed by atoms with Crippen LogP contribution >= 0.6 is 11.3 Å². The average Bonchev–Trinajstić information content (AvgIpc) is 3.13. The van der Waals surface area contributed by atoms with Crippen molar-refractivity contribution in [3.05, 3.63) is 51.4 Å². The normalized spacial score (nSPS) is 13.8. The number of hydrogen-bond donors (Lipinski definition) is 0. The van der Waals surface area contributed by atoms with Gasteiger partial charge < -0.3 is 0 Å². The predicted molar refractivity (Wildman–Crippen MR) is 85.8 cm³/mol. The van der Waals surface area contributed by atoms with Crippen LogP contribution in [0.25, 0.3) is 21.3 Å². The summed E-state index contributed by atoms with van der Waals surface area (Å²) in [5.74, 6) is 1.16. The van der Waals surface area contributed by atoms with Crippen molar-refractivity contribution in [3.63, 3.8) is 0 Å². The zero-order valence-electron chi connectivity index (χ0n) is 12.2. The molecule has 1 aliphatic heterocycles. The topological polar surface area (TPSA) is 25.9 Å². The van der Waals surface area contributed by atoms with Crippen LogP contribution < -0.4 is 10.1 Å². The molecule has 3 nitrogen and oxygen atoms in total. The van der Waals surface area contributed by atoms with Crippen molar-refractivity contribution in [3.8, 4) is 11.1 Å². The maximum absolute atomic E-state index is 12.9. The van der Waals surface area contributed by atoms with Crippen LogP contribution in [0.4, 0.5) is 0 Å². The van der Waals surface area contributed by atoms with E-state index < -0.39 is 0 Å². The van der Waals surface area contributed by atoms with Crippen LogP contribution in [0.3, 0.4) is 0 Å². The second-order valence-electron chi connectivity index (χ2n) is 5.73. The molecule has 0 saturated carbocycles. The van der Waals surface area contributed by atoms with E-state index in [-0.39, 0.29) is 5.56 Å². The summed E-state index contributed by atoms with van der Waals surface area (Å²) in [5.41, 5.74) is 3.61. The lowest BCUT2D eigenvalue weighted by atomic mass is 10.0. The van der Waals surface area contributed by atoms with E-state index in [1.54, 1.807) is 11.3 Å². The second-order valence-corrected chi connectivity index (χ2v) is 6.59. The number of aryl methyl sites for hydroxylation is 2. The molecule has 3 aromatic rings. The molecule has 4 rings (SSSR count). The molecule has 0 fully saturated rings. The lowest BCUT2D eigenvalue weighted by Crippen LogP contribution is -2.40. The molecule has 0 saturated heterocycles. The molecule has 0 radical (unpaired) electrons. The maximum Gasteiger partial charge on any atom is 0.346 e. The number of fused-ring (bicyclic) bond motifs is 2. The van der Waals surface area contributed by atoms with E-state index in [9.17, 15) is 4.79 Å². The Hall–Kier alpha value is -1.94. The van der Waals surface area contributed by atoms with Crippen molar-refractivity contribution in [2.75, 3.05) is 0 Å². The van der Waals surface area contributed by atoms with E-state index in [1.807, 2.05) is 4.57 Å². The molecule has 21 heavy (non-hydrogen) atoms. The van der Waals surface area contributed by atoms with Gasteiger partial charge in [-0.3, -0.25) is 0 Å². The zero-order valence-corrected chi connectivity index (χ0v) is 13.0. The lowest BCUT2D eigenvalue weighted by Gasteiger charge is -2.03. The van der Waals surface area contributed by atoms with E-state index >= 15 is 0 Å². The highest BCUT2D eigenvalue weighted by Crippen LogP contribution is 2.31. The van der Waals surface area contributed by atoms with Crippen molar-refractivity contribution in [2.45, 2.75) is 26.3 Å². The minimum atomic E-state index is 0.174. The summed E-state index contributed by atoms with van der Waals surface area (Å²) in [7, 11) is 2.08. The molecular weight excluding hydrogens is 280 g/mol. The van der Waals surface area contributed by atoms with Crippen LogP contribution in [-0.4, -0.2) is 4.57 Å². The molecule has 0 N–H and O–H groups in total. The first kappa shape index (κ1) is 12.8. The van der Waals surface area contributed by atoms with Crippen LogP contribution in [-0.2, 0) is 20.0 Å². The Kier molecular flexibility index (Phi) is 2.76. The van der Waals surface area contributed by atoms with Gasteiger partial charge in [-0.15, -0.1) is 11.3 Å². The van der Waals surface area contributed by atoms with Gasteiger partial charge in [-0.25, -0.2) is 9.36 Å². The molecule has 0 unspecified atom stereocenters. The Morgan fingerprint density at radius 2 is 2.00 bits per heavy atom.